The van der Waals surface area contributed by atoms with Crippen molar-refractivity contribution < 1.29 is 4.74 Å². The predicted octanol–water partition coefficient (Wildman–Crippen LogP) is 1.41. The topological polar surface area (TPSA) is 52.0 Å². The van der Waals surface area contributed by atoms with Crippen molar-refractivity contribution in [2.45, 2.75) is 30.3 Å². The fourth-order valence-corrected chi connectivity index (χ4v) is 3.83. The molecule has 6 heteroatoms. The highest BCUT2D eigenvalue weighted by Crippen LogP contribution is 2.28. The van der Waals surface area contributed by atoms with E-state index in [1.165, 1.54) is 19.3 Å². The molecule has 1 aromatic heterocycles. The molecule has 1 N–H and O–H groups in total. The molecule has 0 aromatic carbocycles. The molecule has 0 unspecified atom stereocenters. The normalized spacial score (nSPS) is 25.0. The number of hydrogen-bond acceptors (Lipinski definition) is 5. The molecule has 0 bridgehead atoms. The van der Waals surface area contributed by atoms with E-state index in [1.54, 1.807) is 0 Å². The molecule has 0 saturated carbocycles. The van der Waals surface area contributed by atoms with E-state index >= 15 is 0 Å². The number of nitrogens with one attached hydrogen (secondary N) is 1. The number of nitrogens with zero attached hydrogens (tertiary/aromatic N) is 3. The maximum atomic E-state index is 5.41. The van der Waals surface area contributed by atoms with Crippen LogP contribution in [-0.2, 0) is 11.8 Å². The summed E-state index contributed by atoms with van der Waals surface area (Å²) in [6.45, 7) is 4.02. The zero-order valence-corrected chi connectivity index (χ0v) is 12.3. The van der Waals surface area contributed by atoms with Crippen molar-refractivity contribution in [2.75, 3.05) is 32.1 Å². The number of rotatable bonds is 4. The summed E-state index contributed by atoms with van der Waals surface area (Å²) in [6.07, 6.45) is 3.53. The van der Waals surface area contributed by atoms with E-state index in [0.717, 1.165) is 43.0 Å². The van der Waals surface area contributed by atoms with Gasteiger partial charge in [0, 0.05) is 25.3 Å². The lowest BCUT2D eigenvalue weighted by Crippen LogP contribution is -2.27. The second-order valence-electron chi connectivity index (χ2n) is 5.46. The molecule has 106 valence electrons. The van der Waals surface area contributed by atoms with Gasteiger partial charge in [-0.05, 0) is 38.3 Å². The minimum absolute atomic E-state index is 0.572. The zero-order chi connectivity index (χ0) is 13.1. The summed E-state index contributed by atoms with van der Waals surface area (Å²) in [6, 6.07) is 0. The largest absolute Gasteiger partial charge is 0.381 e. The summed E-state index contributed by atoms with van der Waals surface area (Å²) in [4.78, 5) is 0. The summed E-state index contributed by atoms with van der Waals surface area (Å²) in [5, 5.41) is 13.2. The molecule has 0 radical (unpaired) electrons. The van der Waals surface area contributed by atoms with Gasteiger partial charge in [0.25, 0.3) is 0 Å². The van der Waals surface area contributed by atoms with Crippen LogP contribution in [0.1, 0.15) is 31.0 Å². The van der Waals surface area contributed by atoms with E-state index in [2.05, 4.69) is 27.1 Å². The monoisotopic (exact) mass is 282 g/mol. The zero-order valence-electron chi connectivity index (χ0n) is 11.5. The van der Waals surface area contributed by atoms with Crippen molar-refractivity contribution in [3.05, 3.63) is 5.82 Å². The van der Waals surface area contributed by atoms with Gasteiger partial charge in [-0.15, -0.1) is 10.2 Å². The molecule has 2 saturated heterocycles. The van der Waals surface area contributed by atoms with Crippen molar-refractivity contribution in [1.29, 1.82) is 0 Å². The van der Waals surface area contributed by atoms with Gasteiger partial charge in [0.2, 0.25) is 0 Å². The lowest BCUT2D eigenvalue weighted by Gasteiger charge is -2.21. The molecule has 3 rings (SSSR count). The number of ether oxygens (including phenoxy) is 1. The molecule has 2 aliphatic heterocycles. The number of thioether (sulfide) groups is 1. The van der Waals surface area contributed by atoms with Gasteiger partial charge in [-0.2, -0.15) is 0 Å². The molecule has 0 amide bonds. The summed E-state index contributed by atoms with van der Waals surface area (Å²) in [5.41, 5.74) is 0. The van der Waals surface area contributed by atoms with Crippen molar-refractivity contribution in [3.8, 4) is 0 Å². The van der Waals surface area contributed by atoms with E-state index in [4.69, 9.17) is 4.74 Å². The van der Waals surface area contributed by atoms with Gasteiger partial charge in [-0.25, -0.2) is 0 Å². The average molecular weight is 282 g/mol. The Morgan fingerprint density at radius 2 is 2.16 bits per heavy atom. The highest BCUT2D eigenvalue weighted by molar-refractivity contribution is 7.99. The van der Waals surface area contributed by atoms with Gasteiger partial charge < -0.3 is 14.6 Å². The van der Waals surface area contributed by atoms with Crippen molar-refractivity contribution in [1.82, 2.24) is 20.1 Å². The summed E-state index contributed by atoms with van der Waals surface area (Å²) >= 11 is 1.82. The smallest absolute Gasteiger partial charge is 0.190 e. The van der Waals surface area contributed by atoms with Crippen LogP contribution in [0.15, 0.2) is 5.16 Å². The van der Waals surface area contributed by atoms with Crippen LogP contribution in [0, 0.1) is 5.92 Å². The molecule has 19 heavy (non-hydrogen) atoms. The third-order valence-electron chi connectivity index (χ3n) is 4.05. The van der Waals surface area contributed by atoms with E-state index < -0.39 is 0 Å². The van der Waals surface area contributed by atoms with Gasteiger partial charge in [0.05, 0.1) is 6.61 Å². The fraction of sp³-hybridized carbons (Fsp3) is 0.846. The Kier molecular flexibility index (Phi) is 4.40. The fourth-order valence-electron chi connectivity index (χ4n) is 2.79. The molecular weight excluding hydrogens is 260 g/mol. The van der Waals surface area contributed by atoms with Crippen LogP contribution in [-0.4, -0.2) is 46.8 Å². The molecule has 1 atom stereocenters. The van der Waals surface area contributed by atoms with Crippen molar-refractivity contribution in [3.63, 3.8) is 0 Å². The first-order valence-electron chi connectivity index (χ1n) is 7.15. The number of piperidine rings is 1. The lowest BCUT2D eigenvalue weighted by molar-refractivity contribution is 0.189. The van der Waals surface area contributed by atoms with Gasteiger partial charge in [0.15, 0.2) is 5.16 Å². The first kappa shape index (κ1) is 13.4. The predicted molar refractivity (Wildman–Crippen MR) is 75.5 cm³/mol. The van der Waals surface area contributed by atoms with Gasteiger partial charge >= 0.3 is 0 Å². The number of hydrogen-bond donors (Lipinski definition) is 1. The molecule has 1 aromatic rings. The summed E-state index contributed by atoms with van der Waals surface area (Å²) in [5.74, 6) is 3.51. The Labute approximate surface area is 118 Å². The molecule has 2 aliphatic rings. The van der Waals surface area contributed by atoms with E-state index in [1.807, 2.05) is 11.8 Å². The Morgan fingerprint density at radius 1 is 1.32 bits per heavy atom. The van der Waals surface area contributed by atoms with E-state index in [-0.39, 0.29) is 0 Å². The maximum absolute atomic E-state index is 5.41. The Balaban J connectivity index is 1.61. The third kappa shape index (κ3) is 3.12. The van der Waals surface area contributed by atoms with Crippen LogP contribution < -0.4 is 5.32 Å². The Bertz CT molecular complexity index is 411. The van der Waals surface area contributed by atoms with Crippen LogP contribution in [0.3, 0.4) is 0 Å². The molecule has 0 aliphatic carbocycles. The minimum atomic E-state index is 0.572. The first-order chi connectivity index (χ1) is 9.34. The Hall–Kier alpha value is -0.590. The molecule has 5 nitrogen and oxygen atoms in total. The molecule has 3 heterocycles. The van der Waals surface area contributed by atoms with Crippen LogP contribution in [0.4, 0.5) is 0 Å². The van der Waals surface area contributed by atoms with Gasteiger partial charge in [0.1, 0.15) is 5.82 Å². The van der Waals surface area contributed by atoms with E-state index in [0.29, 0.717) is 11.8 Å². The Morgan fingerprint density at radius 3 is 2.89 bits per heavy atom. The van der Waals surface area contributed by atoms with E-state index in [9.17, 15) is 0 Å². The van der Waals surface area contributed by atoms with Crippen molar-refractivity contribution in [2.24, 2.45) is 13.0 Å². The number of aromatic nitrogens is 3. The second kappa shape index (κ2) is 6.24. The minimum Gasteiger partial charge on any atom is -0.381 e. The highest BCUT2D eigenvalue weighted by atomic mass is 32.2. The quantitative estimate of drug-likeness (QED) is 0.846. The van der Waals surface area contributed by atoms with Crippen LogP contribution in [0.5, 0.6) is 0 Å². The van der Waals surface area contributed by atoms with Gasteiger partial charge in [-0.3, -0.25) is 0 Å². The maximum Gasteiger partial charge on any atom is 0.190 e. The lowest BCUT2D eigenvalue weighted by atomic mass is 9.97. The van der Waals surface area contributed by atoms with Crippen LogP contribution in [0.25, 0.3) is 0 Å². The highest BCUT2D eigenvalue weighted by Gasteiger charge is 2.22. The molecular formula is C13H22N4OS. The van der Waals surface area contributed by atoms with Gasteiger partial charge in [-0.1, -0.05) is 11.8 Å². The third-order valence-corrected chi connectivity index (χ3v) is 5.30. The molecule has 2 fully saturated rings. The first-order valence-corrected chi connectivity index (χ1v) is 8.13. The molecule has 0 spiro atoms. The van der Waals surface area contributed by atoms with Crippen LogP contribution in [0.2, 0.25) is 0 Å². The standard InChI is InChI=1S/C13H22N4OS/c1-17-12(11-2-5-14-6-3-11)15-16-13(17)19-9-10-4-7-18-8-10/h10-11,14H,2-9H2,1H3/t10-/m0/s1. The summed E-state index contributed by atoms with van der Waals surface area (Å²) < 4.78 is 7.60. The SMILES string of the molecule is Cn1c(SC[C@H]2CCOC2)nnc1C1CCNCC1. The summed E-state index contributed by atoms with van der Waals surface area (Å²) in [7, 11) is 2.10. The average Bonchev–Trinajstić information content (AvgIpc) is 3.07. The van der Waals surface area contributed by atoms with Crippen LogP contribution >= 0.6 is 11.8 Å². The van der Waals surface area contributed by atoms with Crippen molar-refractivity contribution >= 4 is 11.8 Å². The second-order valence-corrected chi connectivity index (χ2v) is 6.45.